The third-order valence-electron chi connectivity index (χ3n) is 6.00. The maximum absolute atomic E-state index is 11.6. The Bertz CT molecular complexity index is 1500. The first-order valence-electron chi connectivity index (χ1n) is 11.6. The van der Waals surface area contributed by atoms with Gasteiger partial charge in [0.25, 0.3) is 47.3 Å². The molecule has 0 saturated heterocycles. The Hall–Kier alpha value is -6.04. The summed E-state index contributed by atoms with van der Waals surface area (Å²) in [5.41, 5.74) is 3.00. The molecule has 0 saturated carbocycles. The second-order valence-electron chi connectivity index (χ2n) is 8.67. The van der Waals surface area contributed by atoms with E-state index in [1.807, 2.05) is 0 Å². The molecule has 4 heterocycles. The van der Waals surface area contributed by atoms with Crippen molar-refractivity contribution in [2.24, 2.45) is 0 Å². The standard InChI is InChI=1S/2C14H8N2O4/c2*17-11-5-9(13(19)15-11)7-2-1-3-8(4-7)10-6-12(18)16-14(10)20/h2*1-6H,(H,15,17,19)(H,16,18,20). The SMILES string of the molecule is O=C1C=C(c2cccc(C3=CC(=O)NC3=O)c2)C(=O)N1.O=C1C=C(c2cccc(C3=CC(=O)NC3=O)c2)C(=O)N1. The second-order valence-corrected chi connectivity index (χ2v) is 8.67. The molecule has 0 aliphatic carbocycles. The van der Waals surface area contributed by atoms with Crippen molar-refractivity contribution in [3.05, 3.63) is 95.1 Å². The lowest BCUT2D eigenvalue weighted by atomic mass is 9.99. The Morgan fingerprint density at radius 1 is 0.350 bits per heavy atom. The topological polar surface area (TPSA) is 185 Å². The van der Waals surface area contributed by atoms with Gasteiger partial charge in [-0.3, -0.25) is 59.6 Å². The number of hydrogen-bond donors (Lipinski definition) is 4. The van der Waals surface area contributed by atoms with Crippen LogP contribution in [0.5, 0.6) is 0 Å². The third kappa shape index (κ3) is 5.04. The molecule has 40 heavy (non-hydrogen) atoms. The molecule has 0 bridgehead atoms. The molecule has 2 aromatic carbocycles. The minimum Gasteiger partial charge on any atom is -0.289 e. The molecular weight excluding hydrogens is 520 g/mol. The van der Waals surface area contributed by atoms with Gasteiger partial charge in [0.15, 0.2) is 0 Å². The lowest BCUT2D eigenvalue weighted by Gasteiger charge is -2.04. The van der Waals surface area contributed by atoms with E-state index in [0.29, 0.717) is 22.3 Å². The van der Waals surface area contributed by atoms with Crippen molar-refractivity contribution in [1.82, 2.24) is 21.3 Å². The first-order chi connectivity index (χ1) is 19.1. The van der Waals surface area contributed by atoms with Gasteiger partial charge in [-0.25, -0.2) is 0 Å². The molecule has 0 atom stereocenters. The van der Waals surface area contributed by atoms with Crippen LogP contribution < -0.4 is 21.3 Å². The summed E-state index contributed by atoms with van der Waals surface area (Å²) in [5, 5.41) is 8.61. The van der Waals surface area contributed by atoms with Crippen molar-refractivity contribution in [2.75, 3.05) is 0 Å². The summed E-state index contributed by atoms with van der Waals surface area (Å²) in [6.45, 7) is 0. The summed E-state index contributed by atoms with van der Waals surface area (Å²) in [4.78, 5) is 90.9. The predicted octanol–water partition coefficient (Wildman–Crippen LogP) is -0.468. The Morgan fingerprint density at radius 3 is 0.750 bits per heavy atom. The number of nitrogens with one attached hydrogen (secondary N) is 4. The van der Waals surface area contributed by atoms with Gasteiger partial charge in [0.2, 0.25) is 0 Å². The van der Waals surface area contributed by atoms with Crippen molar-refractivity contribution < 1.29 is 38.4 Å². The fourth-order valence-electron chi connectivity index (χ4n) is 4.21. The van der Waals surface area contributed by atoms with Crippen LogP contribution in [0.4, 0.5) is 0 Å². The second kappa shape index (κ2) is 10.0. The third-order valence-corrected chi connectivity index (χ3v) is 6.00. The van der Waals surface area contributed by atoms with Crippen LogP contribution >= 0.6 is 0 Å². The Balaban J connectivity index is 0.000000161. The minimum absolute atomic E-state index is 0.238. The van der Waals surface area contributed by atoms with E-state index >= 15 is 0 Å². The molecule has 8 amide bonds. The normalized spacial score (nSPS) is 17.8. The van der Waals surface area contributed by atoms with Crippen molar-refractivity contribution in [2.45, 2.75) is 0 Å². The number of hydrogen-bond acceptors (Lipinski definition) is 8. The molecule has 0 fully saturated rings. The van der Waals surface area contributed by atoms with Crippen LogP contribution in [0.1, 0.15) is 22.3 Å². The number of amides is 8. The van der Waals surface area contributed by atoms with E-state index < -0.39 is 47.3 Å². The zero-order valence-electron chi connectivity index (χ0n) is 20.2. The predicted molar refractivity (Wildman–Crippen MR) is 137 cm³/mol. The average Bonchev–Trinajstić information content (AvgIpc) is 3.64. The largest absolute Gasteiger partial charge is 0.289 e. The number of carbonyl (C=O) groups is 8. The summed E-state index contributed by atoms with van der Waals surface area (Å²) in [5.74, 6) is -3.79. The first kappa shape index (κ1) is 25.6. The van der Waals surface area contributed by atoms with E-state index in [0.717, 1.165) is 0 Å². The molecule has 0 aromatic heterocycles. The van der Waals surface area contributed by atoms with E-state index in [9.17, 15) is 38.4 Å². The number of imide groups is 4. The van der Waals surface area contributed by atoms with Gasteiger partial charge in [-0.1, -0.05) is 36.4 Å². The van der Waals surface area contributed by atoms with Crippen LogP contribution in [-0.4, -0.2) is 47.3 Å². The highest BCUT2D eigenvalue weighted by molar-refractivity contribution is 6.36. The average molecular weight is 536 g/mol. The van der Waals surface area contributed by atoms with Crippen molar-refractivity contribution in [1.29, 1.82) is 0 Å². The van der Waals surface area contributed by atoms with Gasteiger partial charge >= 0.3 is 0 Å². The summed E-state index contributed by atoms with van der Waals surface area (Å²) in [7, 11) is 0. The van der Waals surface area contributed by atoms with Gasteiger partial charge < -0.3 is 0 Å². The molecule has 4 N–H and O–H groups in total. The first-order valence-corrected chi connectivity index (χ1v) is 11.6. The lowest BCUT2D eigenvalue weighted by Crippen LogP contribution is -2.22. The fourth-order valence-corrected chi connectivity index (χ4v) is 4.21. The Labute approximate surface area is 224 Å². The monoisotopic (exact) mass is 536 g/mol. The van der Waals surface area contributed by atoms with Crippen LogP contribution in [0.3, 0.4) is 0 Å². The van der Waals surface area contributed by atoms with Crippen LogP contribution in [0.2, 0.25) is 0 Å². The van der Waals surface area contributed by atoms with Gasteiger partial charge in [-0.2, -0.15) is 0 Å². The van der Waals surface area contributed by atoms with E-state index in [-0.39, 0.29) is 22.3 Å². The maximum atomic E-state index is 11.6. The van der Waals surface area contributed by atoms with Gasteiger partial charge in [0.05, 0.1) is 22.3 Å². The molecule has 2 aromatic rings. The molecule has 12 heteroatoms. The lowest BCUT2D eigenvalue weighted by molar-refractivity contribution is -0.124. The molecule has 0 unspecified atom stereocenters. The quantitative estimate of drug-likeness (QED) is 0.378. The van der Waals surface area contributed by atoms with Crippen LogP contribution in [0.25, 0.3) is 22.3 Å². The number of rotatable bonds is 4. The molecule has 6 rings (SSSR count). The summed E-state index contributed by atoms with van der Waals surface area (Å²) in [6.07, 6.45) is 4.82. The van der Waals surface area contributed by atoms with E-state index in [4.69, 9.17) is 0 Å². The van der Waals surface area contributed by atoms with Gasteiger partial charge in [-0.15, -0.1) is 0 Å². The van der Waals surface area contributed by atoms with E-state index in [1.165, 1.54) is 24.3 Å². The van der Waals surface area contributed by atoms with E-state index in [1.54, 1.807) is 48.5 Å². The Morgan fingerprint density at radius 2 is 0.575 bits per heavy atom. The molecule has 12 nitrogen and oxygen atoms in total. The van der Waals surface area contributed by atoms with Crippen LogP contribution in [0.15, 0.2) is 72.8 Å². The van der Waals surface area contributed by atoms with Crippen molar-refractivity contribution >= 4 is 69.5 Å². The van der Waals surface area contributed by atoms with Gasteiger partial charge in [-0.05, 0) is 34.4 Å². The smallest absolute Gasteiger partial charge is 0.258 e. The fraction of sp³-hybridized carbons (Fsp3) is 0. The summed E-state index contributed by atoms with van der Waals surface area (Å²) in [6, 6.07) is 13.1. The molecule has 0 radical (unpaired) electrons. The summed E-state index contributed by atoms with van der Waals surface area (Å²) >= 11 is 0. The van der Waals surface area contributed by atoms with Gasteiger partial charge in [0, 0.05) is 24.3 Å². The van der Waals surface area contributed by atoms with Crippen molar-refractivity contribution in [3.8, 4) is 0 Å². The zero-order chi connectivity index (χ0) is 28.6. The molecule has 4 aliphatic heterocycles. The maximum Gasteiger partial charge on any atom is 0.258 e. The minimum atomic E-state index is -0.479. The highest BCUT2D eigenvalue weighted by atomic mass is 16.2. The zero-order valence-corrected chi connectivity index (χ0v) is 20.2. The van der Waals surface area contributed by atoms with E-state index in [2.05, 4.69) is 21.3 Å². The molecular formula is C28H16N4O8. The number of benzene rings is 2. The highest BCUT2D eigenvalue weighted by Gasteiger charge is 2.26. The van der Waals surface area contributed by atoms with Crippen molar-refractivity contribution in [3.63, 3.8) is 0 Å². The molecule has 0 spiro atoms. The highest BCUT2D eigenvalue weighted by Crippen LogP contribution is 2.25. The summed E-state index contributed by atoms with van der Waals surface area (Å²) < 4.78 is 0. The van der Waals surface area contributed by atoms with Crippen LogP contribution in [-0.2, 0) is 38.4 Å². The molecule has 196 valence electrons. The Kier molecular flexibility index (Phi) is 6.41. The molecule has 4 aliphatic rings. The van der Waals surface area contributed by atoms with Crippen LogP contribution in [0, 0.1) is 0 Å². The number of carbonyl (C=O) groups excluding carboxylic acids is 8. The van der Waals surface area contributed by atoms with Gasteiger partial charge in [0.1, 0.15) is 0 Å².